The van der Waals surface area contributed by atoms with Crippen LogP contribution in [0.3, 0.4) is 0 Å². The average molecular weight is 433 g/mol. The number of alkyl halides is 2. The number of fused-ring (bicyclic) bond motifs is 1. The Kier molecular flexibility index (Phi) is 5.63. The van der Waals surface area contributed by atoms with Gasteiger partial charge in [0.1, 0.15) is 23.3 Å². The molecule has 31 heavy (non-hydrogen) atoms. The zero-order valence-electron chi connectivity index (χ0n) is 17.9. The van der Waals surface area contributed by atoms with Gasteiger partial charge in [-0.3, -0.25) is 4.79 Å². The molecule has 10 heteroatoms. The van der Waals surface area contributed by atoms with Crippen molar-refractivity contribution in [2.24, 2.45) is 5.92 Å². The first kappa shape index (κ1) is 21.2. The van der Waals surface area contributed by atoms with E-state index >= 15 is 0 Å². The summed E-state index contributed by atoms with van der Waals surface area (Å²) in [6, 6.07) is 2.66. The predicted octanol–water partition coefficient (Wildman–Crippen LogP) is 2.98. The zero-order valence-corrected chi connectivity index (χ0v) is 17.9. The Morgan fingerprint density at radius 3 is 2.61 bits per heavy atom. The van der Waals surface area contributed by atoms with Crippen molar-refractivity contribution < 1.29 is 23.0 Å². The Bertz CT molecular complexity index is 966. The summed E-state index contributed by atoms with van der Waals surface area (Å²) in [7, 11) is 3.64. The summed E-state index contributed by atoms with van der Waals surface area (Å²) < 4.78 is 34.5. The summed E-state index contributed by atoms with van der Waals surface area (Å²) in [4.78, 5) is 29.1. The van der Waals surface area contributed by atoms with Gasteiger partial charge in [-0.15, -0.1) is 0 Å². The van der Waals surface area contributed by atoms with Crippen molar-refractivity contribution in [1.29, 1.82) is 0 Å². The molecular formula is C21H25F2N5O3. The molecule has 3 heterocycles. The molecule has 0 spiro atoms. The number of aryl methyl sites for hydroxylation is 1. The molecule has 1 aliphatic heterocycles. The fourth-order valence-corrected chi connectivity index (χ4v) is 4.06. The molecule has 0 saturated heterocycles. The highest BCUT2D eigenvalue weighted by Gasteiger charge is 2.36. The number of rotatable bonds is 6. The van der Waals surface area contributed by atoms with Crippen LogP contribution in [0.25, 0.3) is 0 Å². The normalized spacial score (nSPS) is 22.9. The van der Waals surface area contributed by atoms with Crippen LogP contribution in [0.5, 0.6) is 11.6 Å². The second kappa shape index (κ2) is 8.24. The maximum Gasteiger partial charge on any atom is 0.388 e. The molecule has 2 aromatic heterocycles. The van der Waals surface area contributed by atoms with Gasteiger partial charge in [-0.05, 0) is 38.7 Å². The van der Waals surface area contributed by atoms with E-state index in [-0.39, 0.29) is 23.9 Å². The number of likely N-dealkylation sites (N-methyl/N-ethyl adjacent to an activating group) is 2. The molecule has 0 unspecified atom stereocenters. The molecule has 0 bridgehead atoms. The molecule has 4 rings (SSSR count). The van der Waals surface area contributed by atoms with E-state index in [1.807, 2.05) is 25.8 Å². The van der Waals surface area contributed by atoms with Crippen LogP contribution in [-0.4, -0.2) is 53.7 Å². The van der Waals surface area contributed by atoms with Crippen molar-refractivity contribution in [3.05, 3.63) is 29.8 Å². The third-order valence-electron chi connectivity index (χ3n) is 5.91. The lowest BCUT2D eigenvalue weighted by Crippen LogP contribution is -2.50. The minimum Gasteiger partial charge on any atom is -0.489 e. The van der Waals surface area contributed by atoms with Crippen LogP contribution in [-0.2, 0) is 11.2 Å². The smallest absolute Gasteiger partial charge is 0.388 e. The number of carbonyl (C=O) groups is 1. The quantitative estimate of drug-likeness (QED) is 0.693. The summed E-state index contributed by atoms with van der Waals surface area (Å²) in [5.74, 6) is 2.34. The van der Waals surface area contributed by atoms with E-state index in [9.17, 15) is 13.6 Å². The van der Waals surface area contributed by atoms with Gasteiger partial charge in [0, 0.05) is 26.6 Å². The molecular weight excluding hydrogens is 408 g/mol. The number of hydrogen-bond donors (Lipinski definition) is 0. The summed E-state index contributed by atoms with van der Waals surface area (Å²) in [6.07, 6.45) is 3.85. The minimum absolute atomic E-state index is 0.0247. The van der Waals surface area contributed by atoms with Crippen LogP contribution in [0, 0.1) is 12.8 Å². The van der Waals surface area contributed by atoms with Gasteiger partial charge >= 0.3 is 6.61 Å². The number of hydrogen-bond acceptors (Lipinski definition) is 7. The van der Waals surface area contributed by atoms with Crippen LogP contribution in [0.15, 0.2) is 18.3 Å². The monoisotopic (exact) mass is 433 g/mol. The zero-order chi connectivity index (χ0) is 22.3. The second-order valence-corrected chi connectivity index (χ2v) is 8.07. The topological polar surface area (TPSA) is 80.7 Å². The van der Waals surface area contributed by atoms with E-state index in [0.29, 0.717) is 11.7 Å². The van der Waals surface area contributed by atoms with Crippen molar-refractivity contribution >= 4 is 17.4 Å². The van der Waals surface area contributed by atoms with E-state index in [1.165, 1.54) is 12.3 Å². The Balaban J connectivity index is 1.36. The third kappa shape index (κ3) is 4.24. The molecule has 0 aromatic carbocycles. The SMILES string of the molecule is Cc1nc(CC2CC(Oc3ccc(OC(F)F)nc3)C2)nc2c1N(C)C(=O)[C@H](C)N2C. The minimum atomic E-state index is -2.90. The van der Waals surface area contributed by atoms with Crippen molar-refractivity contribution in [1.82, 2.24) is 15.0 Å². The average Bonchev–Trinajstić information content (AvgIpc) is 2.69. The molecule has 2 aliphatic rings. The van der Waals surface area contributed by atoms with Crippen LogP contribution < -0.4 is 19.3 Å². The molecule has 1 saturated carbocycles. The van der Waals surface area contributed by atoms with E-state index in [4.69, 9.17) is 9.72 Å². The van der Waals surface area contributed by atoms with Gasteiger partial charge < -0.3 is 19.3 Å². The highest BCUT2D eigenvalue weighted by Crippen LogP contribution is 2.37. The highest BCUT2D eigenvalue weighted by molar-refractivity contribution is 6.04. The molecule has 2 aromatic rings. The van der Waals surface area contributed by atoms with Gasteiger partial charge in [0.15, 0.2) is 5.82 Å². The van der Waals surface area contributed by atoms with Gasteiger partial charge in [-0.1, -0.05) is 0 Å². The van der Waals surface area contributed by atoms with Crippen molar-refractivity contribution in [3.63, 3.8) is 0 Å². The summed E-state index contributed by atoms with van der Waals surface area (Å²) in [5.41, 5.74) is 1.55. The number of anilines is 2. The standard InChI is InChI=1S/C21H25F2N5O3/c1-11-18-19(27(3)12(2)20(29)28(18)4)26-16(25-11)9-13-7-15(8-13)30-14-5-6-17(24-10-14)31-21(22)23/h5-6,10,12-13,15,21H,7-9H2,1-4H3/t12-,13?,15?/m0/s1. The van der Waals surface area contributed by atoms with Crippen molar-refractivity contribution in [3.8, 4) is 11.6 Å². The first-order valence-electron chi connectivity index (χ1n) is 10.2. The van der Waals surface area contributed by atoms with Gasteiger partial charge in [-0.2, -0.15) is 8.78 Å². The summed E-state index contributed by atoms with van der Waals surface area (Å²) in [5, 5.41) is 0. The van der Waals surface area contributed by atoms with Crippen molar-refractivity contribution in [2.75, 3.05) is 23.9 Å². The lowest BCUT2D eigenvalue weighted by Gasteiger charge is -2.38. The fourth-order valence-electron chi connectivity index (χ4n) is 4.06. The molecule has 166 valence electrons. The number of halogens is 2. The number of nitrogens with zero attached hydrogens (tertiary/aromatic N) is 5. The molecule has 1 fully saturated rings. The first-order valence-corrected chi connectivity index (χ1v) is 10.2. The van der Waals surface area contributed by atoms with Crippen molar-refractivity contribution in [2.45, 2.75) is 51.9 Å². The summed E-state index contributed by atoms with van der Waals surface area (Å²) in [6.45, 7) is 0.872. The third-order valence-corrected chi connectivity index (χ3v) is 5.91. The number of carbonyl (C=O) groups excluding carboxylic acids is 1. The van der Waals surface area contributed by atoms with Gasteiger partial charge in [0.2, 0.25) is 11.8 Å². The Labute approximate surface area is 179 Å². The van der Waals surface area contributed by atoms with Crippen LogP contribution in [0.1, 0.15) is 31.3 Å². The number of ether oxygens (including phenoxy) is 2. The predicted molar refractivity (Wildman–Crippen MR) is 110 cm³/mol. The van der Waals surface area contributed by atoms with Crippen LogP contribution >= 0.6 is 0 Å². The van der Waals surface area contributed by atoms with E-state index in [2.05, 4.69) is 14.7 Å². The van der Waals surface area contributed by atoms with Crippen LogP contribution in [0.2, 0.25) is 0 Å². The fraction of sp³-hybridized carbons (Fsp3) is 0.524. The second-order valence-electron chi connectivity index (χ2n) is 8.07. The summed E-state index contributed by atoms with van der Waals surface area (Å²) >= 11 is 0. The van der Waals surface area contributed by atoms with E-state index in [1.54, 1.807) is 18.0 Å². The Morgan fingerprint density at radius 2 is 1.97 bits per heavy atom. The van der Waals surface area contributed by atoms with Crippen LogP contribution in [0.4, 0.5) is 20.3 Å². The lowest BCUT2D eigenvalue weighted by atomic mass is 9.80. The maximum absolute atomic E-state index is 12.4. The molecule has 0 radical (unpaired) electrons. The Hall–Kier alpha value is -3.04. The number of aromatic nitrogens is 3. The van der Waals surface area contributed by atoms with E-state index < -0.39 is 6.61 Å². The Morgan fingerprint density at radius 1 is 1.23 bits per heavy atom. The molecule has 8 nitrogen and oxygen atoms in total. The highest BCUT2D eigenvalue weighted by atomic mass is 19.3. The molecule has 1 amide bonds. The number of pyridine rings is 1. The van der Waals surface area contributed by atoms with Gasteiger partial charge in [0.25, 0.3) is 0 Å². The molecule has 1 atom stereocenters. The molecule has 1 aliphatic carbocycles. The number of amides is 1. The lowest BCUT2D eigenvalue weighted by molar-refractivity contribution is -0.119. The largest absolute Gasteiger partial charge is 0.489 e. The van der Waals surface area contributed by atoms with Gasteiger partial charge in [0.05, 0.1) is 18.0 Å². The first-order chi connectivity index (χ1) is 14.7. The molecule has 0 N–H and O–H groups in total. The van der Waals surface area contributed by atoms with E-state index in [0.717, 1.165) is 42.3 Å². The van der Waals surface area contributed by atoms with Gasteiger partial charge in [-0.25, -0.2) is 15.0 Å². The maximum atomic E-state index is 12.4.